The standard InChI is InChI=1S/C25H31N7O4/c1-16(2)10-23(35)31-13-20(34)11-25(31,32-9-8-28-30-32)24(36)29-22(14-33)19-6-4-18(5-7-19)21-12-26-15-27-17(21)3/h4-9,12,15-16,20,22,33-34H,10-11,13-14H2,1-3H3,(H,29,36)/t20?,22-,25?/m0/s1. The third-order valence-corrected chi connectivity index (χ3v) is 6.43. The van der Waals surface area contributed by atoms with Gasteiger partial charge in [-0.15, -0.1) is 5.10 Å². The van der Waals surface area contributed by atoms with Crippen LogP contribution in [0.15, 0.2) is 49.2 Å². The first-order valence-electron chi connectivity index (χ1n) is 11.9. The molecule has 36 heavy (non-hydrogen) atoms. The largest absolute Gasteiger partial charge is 0.394 e. The average Bonchev–Trinajstić information content (AvgIpc) is 3.51. The third kappa shape index (κ3) is 4.84. The molecule has 0 bridgehead atoms. The fourth-order valence-electron chi connectivity index (χ4n) is 4.65. The van der Waals surface area contributed by atoms with Gasteiger partial charge in [0.15, 0.2) is 0 Å². The van der Waals surface area contributed by atoms with Crippen LogP contribution in [0, 0.1) is 12.8 Å². The van der Waals surface area contributed by atoms with E-state index >= 15 is 0 Å². The van der Waals surface area contributed by atoms with Crippen LogP contribution in [0.25, 0.3) is 11.1 Å². The molecule has 3 N–H and O–H groups in total. The number of aryl methyl sites for hydroxylation is 1. The highest BCUT2D eigenvalue weighted by atomic mass is 16.3. The number of aromatic nitrogens is 5. The summed E-state index contributed by atoms with van der Waals surface area (Å²) in [5.74, 6) is -0.760. The lowest BCUT2D eigenvalue weighted by atomic mass is 9.99. The van der Waals surface area contributed by atoms with Crippen molar-refractivity contribution in [1.82, 2.24) is 35.2 Å². The molecule has 1 aromatic carbocycles. The fraction of sp³-hybridized carbons (Fsp3) is 0.440. The lowest BCUT2D eigenvalue weighted by Crippen LogP contribution is -2.59. The maximum Gasteiger partial charge on any atom is 0.269 e. The van der Waals surface area contributed by atoms with Crippen LogP contribution in [0.3, 0.4) is 0 Å². The first-order chi connectivity index (χ1) is 17.3. The molecule has 4 rings (SSSR count). The quantitative estimate of drug-likeness (QED) is 0.424. The smallest absolute Gasteiger partial charge is 0.269 e. The minimum absolute atomic E-state index is 0.00415. The lowest BCUT2D eigenvalue weighted by Gasteiger charge is -2.37. The molecule has 2 unspecified atom stereocenters. The molecular formula is C25H31N7O4. The first-order valence-corrected chi connectivity index (χ1v) is 11.9. The molecule has 3 atom stereocenters. The number of β-amino-alcohol motifs (C(OH)–C–C–N with tert-alkyl or cyclic N) is 1. The molecule has 3 heterocycles. The summed E-state index contributed by atoms with van der Waals surface area (Å²) in [4.78, 5) is 36.7. The van der Waals surface area contributed by atoms with Crippen molar-refractivity contribution in [2.75, 3.05) is 13.2 Å². The Balaban J connectivity index is 1.63. The molecule has 11 heteroatoms. The molecule has 11 nitrogen and oxygen atoms in total. The Kier molecular flexibility index (Phi) is 7.41. The Morgan fingerprint density at radius 1 is 1.25 bits per heavy atom. The number of nitrogens with zero attached hydrogens (tertiary/aromatic N) is 6. The molecule has 1 aliphatic heterocycles. The topological polar surface area (TPSA) is 146 Å². The second-order valence-electron chi connectivity index (χ2n) is 9.48. The van der Waals surface area contributed by atoms with E-state index in [0.29, 0.717) is 5.56 Å². The van der Waals surface area contributed by atoms with Gasteiger partial charge in [0, 0.05) is 43.0 Å². The molecule has 2 amide bonds. The van der Waals surface area contributed by atoms with Crippen LogP contribution in [-0.4, -0.2) is 71.1 Å². The number of benzene rings is 1. The van der Waals surface area contributed by atoms with Gasteiger partial charge >= 0.3 is 0 Å². The minimum Gasteiger partial charge on any atom is -0.394 e. The Bertz CT molecular complexity index is 1200. The van der Waals surface area contributed by atoms with E-state index < -0.39 is 23.7 Å². The fourth-order valence-corrected chi connectivity index (χ4v) is 4.65. The van der Waals surface area contributed by atoms with Crippen molar-refractivity contribution in [1.29, 1.82) is 0 Å². The number of rotatable bonds is 8. The van der Waals surface area contributed by atoms with Gasteiger partial charge in [0.1, 0.15) is 6.33 Å². The Hall–Kier alpha value is -3.70. The van der Waals surface area contributed by atoms with Crippen molar-refractivity contribution < 1.29 is 19.8 Å². The molecule has 3 aromatic rings. The van der Waals surface area contributed by atoms with Crippen LogP contribution in [0.5, 0.6) is 0 Å². The Morgan fingerprint density at radius 2 is 2.00 bits per heavy atom. The zero-order chi connectivity index (χ0) is 25.9. The van der Waals surface area contributed by atoms with Crippen molar-refractivity contribution >= 4 is 11.8 Å². The molecule has 0 aliphatic carbocycles. The van der Waals surface area contributed by atoms with Crippen molar-refractivity contribution in [2.45, 2.75) is 51.4 Å². The van der Waals surface area contributed by atoms with Crippen molar-refractivity contribution in [3.05, 3.63) is 60.4 Å². The molecule has 0 radical (unpaired) electrons. The first kappa shape index (κ1) is 25.4. The number of aliphatic hydroxyl groups is 2. The summed E-state index contributed by atoms with van der Waals surface area (Å²) < 4.78 is 1.31. The molecule has 0 spiro atoms. The monoisotopic (exact) mass is 493 g/mol. The summed E-state index contributed by atoms with van der Waals surface area (Å²) in [6.45, 7) is 5.35. The van der Waals surface area contributed by atoms with E-state index in [1.54, 1.807) is 6.20 Å². The van der Waals surface area contributed by atoms with E-state index in [-0.39, 0.29) is 37.8 Å². The molecule has 1 saturated heterocycles. The number of aliphatic hydroxyl groups excluding tert-OH is 2. The van der Waals surface area contributed by atoms with E-state index in [1.807, 2.05) is 45.0 Å². The van der Waals surface area contributed by atoms with E-state index in [4.69, 9.17) is 0 Å². The number of hydrogen-bond donors (Lipinski definition) is 3. The number of nitrogens with one attached hydrogen (secondary N) is 1. The SMILES string of the molecule is Cc1ncncc1-c1ccc([C@H](CO)NC(=O)C2(n3ccnn3)CC(O)CN2C(=O)CC(C)C)cc1. The number of likely N-dealkylation sites (tertiary alicyclic amines) is 1. The van der Waals surface area contributed by atoms with Crippen LogP contribution in [0.4, 0.5) is 0 Å². The lowest BCUT2D eigenvalue weighted by molar-refractivity contribution is -0.153. The van der Waals surface area contributed by atoms with Crippen LogP contribution < -0.4 is 5.32 Å². The van der Waals surface area contributed by atoms with Crippen molar-refractivity contribution in [3.8, 4) is 11.1 Å². The van der Waals surface area contributed by atoms with Gasteiger partial charge in [-0.3, -0.25) is 9.59 Å². The van der Waals surface area contributed by atoms with Gasteiger partial charge in [0.25, 0.3) is 5.91 Å². The van der Waals surface area contributed by atoms with Crippen LogP contribution in [-0.2, 0) is 15.3 Å². The van der Waals surface area contributed by atoms with Gasteiger partial charge in [-0.05, 0) is 24.0 Å². The highest BCUT2D eigenvalue weighted by molar-refractivity contribution is 5.90. The number of carbonyl (C=O) groups is 2. The van der Waals surface area contributed by atoms with E-state index in [9.17, 15) is 19.8 Å². The van der Waals surface area contributed by atoms with Crippen molar-refractivity contribution in [3.63, 3.8) is 0 Å². The summed E-state index contributed by atoms with van der Waals surface area (Å²) in [5.41, 5.74) is 1.71. The number of carbonyl (C=O) groups excluding carboxylic acids is 2. The van der Waals surface area contributed by atoms with Gasteiger partial charge in [0.05, 0.1) is 24.9 Å². The molecular weight excluding hydrogens is 462 g/mol. The van der Waals surface area contributed by atoms with E-state index in [2.05, 4.69) is 25.6 Å². The highest BCUT2D eigenvalue weighted by Crippen LogP contribution is 2.36. The summed E-state index contributed by atoms with van der Waals surface area (Å²) in [5, 5.41) is 31.4. The van der Waals surface area contributed by atoms with Crippen LogP contribution in [0.2, 0.25) is 0 Å². The second kappa shape index (κ2) is 10.5. The number of amides is 2. The predicted molar refractivity (Wildman–Crippen MR) is 130 cm³/mol. The third-order valence-electron chi connectivity index (χ3n) is 6.43. The molecule has 190 valence electrons. The van der Waals surface area contributed by atoms with Gasteiger partial charge in [-0.1, -0.05) is 43.3 Å². The summed E-state index contributed by atoms with van der Waals surface area (Å²) in [6, 6.07) is 6.63. The Labute approximate surface area is 209 Å². The molecule has 1 aliphatic rings. The van der Waals surface area contributed by atoms with Crippen LogP contribution in [0.1, 0.15) is 44.0 Å². The number of hydrogen-bond acceptors (Lipinski definition) is 8. The molecule has 0 saturated carbocycles. The summed E-state index contributed by atoms with van der Waals surface area (Å²) in [6.07, 6.45) is 5.39. The summed E-state index contributed by atoms with van der Waals surface area (Å²) in [7, 11) is 0. The van der Waals surface area contributed by atoms with Crippen molar-refractivity contribution in [2.24, 2.45) is 5.92 Å². The molecule has 2 aromatic heterocycles. The maximum atomic E-state index is 13.9. The van der Waals surface area contributed by atoms with Gasteiger partial charge in [0.2, 0.25) is 11.6 Å². The maximum absolute atomic E-state index is 13.9. The predicted octanol–water partition coefficient (Wildman–Crippen LogP) is 1.19. The van der Waals surface area contributed by atoms with Gasteiger partial charge < -0.3 is 20.4 Å². The normalized spacial score (nSPS) is 20.5. The van der Waals surface area contributed by atoms with Gasteiger partial charge in [-0.2, -0.15) is 0 Å². The zero-order valence-electron chi connectivity index (χ0n) is 20.6. The van der Waals surface area contributed by atoms with Crippen LogP contribution >= 0.6 is 0 Å². The van der Waals surface area contributed by atoms with E-state index in [0.717, 1.165) is 16.8 Å². The second-order valence-corrected chi connectivity index (χ2v) is 9.48. The zero-order valence-corrected chi connectivity index (χ0v) is 20.6. The minimum atomic E-state index is -1.60. The van der Waals surface area contributed by atoms with Gasteiger partial charge in [-0.25, -0.2) is 14.6 Å². The summed E-state index contributed by atoms with van der Waals surface area (Å²) >= 11 is 0. The average molecular weight is 494 g/mol. The Morgan fingerprint density at radius 3 is 2.61 bits per heavy atom. The molecule has 1 fully saturated rings. The van der Waals surface area contributed by atoms with E-state index in [1.165, 1.54) is 28.3 Å². The highest BCUT2D eigenvalue weighted by Gasteiger charge is 2.55.